The van der Waals surface area contributed by atoms with Crippen molar-refractivity contribution in [3.63, 3.8) is 0 Å². The van der Waals surface area contributed by atoms with Crippen LogP contribution in [0.15, 0.2) is 24.8 Å². The van der Waals surface area contributed by atoms with Crippen molar-refractivity contribution in [2.45, 2.75) is 0 Å². The minimum Gasteiger partial charge on any atom is -0.0985 e. The first-order chi connectivity index (χ1) is 4.74. The summed E-state index contributed by atoms with van der Waals surface area (Å²) in [6.07, 6.45) is 1.80. The van der Waals surface area contributed by atoms with Gasteiger partial charge in [-0.05, 0) is 22.1 Å². The molecular weight excluding hydrogens is 120 g/mol. The molecule has 0 aromatic heterocycles. The van der Waals surface area contributed by atoms with Crippen LogP contribution in [-0.4, -0.2) is 0 Å². The maximum atomic E-state index is 3.82. The zero-order valence-electron chi connectivity index (χ0n) is 5.93. The maximum Gasteiger partial charge on any atom is -0.0256 e. The fourth-order valence-corrected chi connectivity index (χ4v) is 0.773. The fraction of sp³-hybridized carbons (Fsp3) is 0. The molecule has 0 saturated heterocycles. The van der Waals surface area contributed by atoms with E-state index in [1.165, 1.54) is 0 Å². The number of hydrogen-bond acceptors (Lipinski definition) is 0. The Morgan fingerprint density at radius 1 is 1.10 bits per heavy atom. The zero-order chi connectivity index (χ0) is 7.56. The molecule has 0 atom stereocenters. The molecule has 0 N–H and O–H groups in total. The molecule has 0 heterocycles. The molecule has 1 aromatic carbocycles. The van der Waals surface area contributed by atoms with Crippen molar-refractivity contribution < 1.29 is 0 Å². The highest BCUT2D eigenvalue weighted by Crippen LogP contribution is 1.91. The molecule has 0 radical (unpaired) electrons. The lowest BCUT2D eigenvalue weighted by molar-refractivity contribution is 1.52. The van der Waals surface area contributed by atoms with Crippen molar-refractivity contribution in [3.05, 3.63) is 40.8 Å². The van der Waals surface area contributed by atoms with E-state index in [1.807, 2.05) is 18.2 Å². The first kappa shape index (κ1) is 6.81. The monoisotopic (exact) mass is 130 g/mol. The summed E-state index contributed by atoms with van der Waals surface area (Å²) < 4.78 is 0. The Hall–Kier alpha value is -1.30. The van der Waals surface area contributed by atoms with E-state index in [0.29, 0.717) is 0 Å². The third kappa shape index (κ3) is 1.16. The van der Waals surface area contributed by atoms with Gasteiger partial charge in [0.1, 0.15) is 0 Å². The minimum absolute atomic E-state index is 0.970. The van der Waals surface area contributed by atoms with E-state index < -0.39 is 0 Å². The molecule has 1 rings (SSSR count). The van der Waals surface area contributed by atoms with Crippen LogP contribution in [0.4, 0.5) is 0 Å². The second kappa shape index (κ2) is 2.53. The Kier molecular flexibility index (Phi) is 1.72. The van der Waals surface area contributed by atoms with Crippen molar-refractivity contribution in [1.82, 2.24) is 0 Å². The van der Waals surface area contributed by atoms with Gasteiger partial charge in [-0.2, -0.15) is 0 Å². The maximum absolute atomic E-state index is 3.82. The first-order valence-electron chi connectivity index (χ1n) is 3.14. The molecule has 10 heavy (non-hydrogen) atoms. The van der Waals surface area contributed by atoms with E-state index >= 15 is 0 Å². The SMILES string of the molecule is C=Cc1ccc(=C)c(=C)c1. The summed E-state index contributed by atoms with van der Waals surface area (Å²) in [6, 6.07) is 5.89. The van der Waals surface area contributed by atoms with Crippen molar-refractivity contribution in [1.29, 1.82) is 0 Å². The standard InChI is InChI=1S/C10H10/c1-4-10-6-5-8(2)9(3)7-10/h4-7H,1-3H2. The summed E-state index contributed by atoms with van der Waals surface area (Å²) in [5, 5.41) is 1.95. The highest BCUT2D eigenvalue weighted by atomic mass is 13.9. The van der Waals surface area contributed by atoms with Crippen LogP contribution in [0, 0.1) is 0 Å². The highest BCUT2D eigenvalue weighted by molar-refractivity contribution is 5.46. The van der Waals surface area contributed by atoms with Gasteiger partial charge in [0.15, 0.2) is 0 Å². The lowest BCUT2D eigenvalue weighted by Gasteiger charge is -1.90. The Morgan fingerprint density at radius 2 is 1.80 bits per heavy atom. The number of rotatable bonds is 1. The molecule has 0 unspecified atom stereocenters. The van der Waals surface area contributed by atoms with E-state index in [-0.39, 0.29) is 0 Å². The molecule has 0 aliphatic heterocycles. The largest absolute Gasteiger partial charge is 0.0985 e. The third-order valence-electron chi connectivity index (χ3n) is 1.47. The van der Waals surface area contributed by atoms with Gasteiger partial charge in [0, 0.05) is 0 Å². The molecule has 0 heteroatoms. The van der Waals surface area contributed by atoms with Gasteiger partial charge in [0.25, 0.3) is 0 Å². The topological polar surface area (TPSA) is 0 Å². The summed E-state index contributed by atoms with van der Waals surface area (Å²) in [7, 11) is 0. The van der Waals surface area contributed by atoms with Crippen LogP contribution in [0.25, 0.3) is 19.2 Å². The van der Waals surface area contributed by atoms with Crippen LogP contribution >= 0.6 is 0 Å². The van der Waals surface area contributed by atoms with Crippen LogP contribution in [0.1, 0.15) is 5.56 Å². The molecule has 1 aromatic rings. The summed E-state index contributed by atoms with van der Waals surface area (Å²) in [5.74, 6) is 0. The number of benzene rings is 1. The highest BCUT2D eigenvalue weighted by Gasteiger charge is 1.82. The molecule has 50 valence electrons. The summed E-state index contributed by atoms with van der Waals surface area (Å²) in [6.45, 7) is 11.3. The molecule has 0 amide bonds. The van der Waals surface area contributed by atoms with Crippen LogP contribution in [0.5, 0.6) is 0 Å². The molecule has 0 spiro atoms. The van der Waals surface area contributed by atoms with Crippen LogP contribution in [0.2, 0.25) is 0 Å². The van der Waals surface area contributed by atoms with E-state index in [9.17, 15) is 0 Å². The summed E-state index contributed by atoms with van der Waals surface area (Å²) in [5.41, 5.74) is 1.09. The second-order valence-electron chi connectivity index (χ2n) is 2.23. The van der Waals surface area contributed by atoms with Gasteiger partial charge < -0.3 is 0 Å². The Morgan fingerprint density at radius 3 is 2.30 bits per heavy atom. The Bertz CT molecular complexity index is 334. The van der Waals surface area contributed by atoms with Gasteiger partial charge in [-0.15, -0.1) is 0 Å². The molecule has 0 aliphatic rings. The Labute approximate surface area is 60.8 Å². The Balaban J connectivity index is 3.44. The van der Waals surface area contributed by atoms with Crippen molar-refractivity contribution >= 4 is 19.2 Å². The third-order valence-corrected chi connectivity index (χ3v) is 1.47. The lowest BCUT2D eigenvalue weighted by Crippen LogP contribution is -2.20. The van der Waals surface area contributed by atoms with Gasteiger partial charge in [-0.25, -0.2) is 0 Å². The molecule has 0 nitrogen and oxygen atoms in total. The molecule has 0 aliphatic carbocycles. The first-order valence-corrected chi connectivity index (χ1v) is 3.14. The predicted octanol–water partition coefficient (Wildman–Crippen LogP) is 1.15. The van der Waals surface area contributed by atoms with Crippen LogP contribution in [0.3, 0.4) is 0 Å². The van der Waals surface area contributed by atoms with E-state index in [0.717, 1.165) is 16.0 Å². The second-order valence-corrected chi connectivity index (χ2v) is 2.23. The van der Waals surface area contributed by atoms with Crippen LogP contribution < -0.4 is 10.4 Å². The van der Waals surface area contributed by atoms with Gasteiger partial charge in [-0.3, -0.25) is 0 Å². The minimum atomic E-state index is 0.970. The normalized spacial score (nSPS) is 9.20. The van der Waals surface area contributed by atoms with Crippen molar-refractivity contribution in [3.8, 4) is 0 Å². The molecular formula is C10H10. The predicted molar refractivity (Wildman–Crippen MR) is 46.8 cm³/mol. The van der Waals surface area contributed by atoms with E-state index in [1.54, 1.807) is 6.08 Å². The van der Waals surface area contributed by atoms with Crippen molar-refractivity contribution in [2.24, 2.45) is 0 Å². The molecule has 0 bridgehead atoms. The quantitative estimate of drug-likeness (QED) is 0.535. The number of hydrogen-bond donors (Lipinski definition) is 0. The summed E-state index contributed by atoms with van der Waals surface area (Å²) in [4.78, 5) is 0. The van der Waals surface area contributed by atoms with Crippen molar-refractivity contribution in [2.75, 3.05) is 0 Å². The van der Waals surface area contributed by atoms with Gasteiger partial charge in [0.2, 0.25) is 0 Å². The van der Waals surface area contributed by atoms with Crippen LogP contribution in [-0.2, 0) is 0 Å². The summed E-state index contributed by atoms with van der Waals surface area (Å²) >= 11 is 0. The fourth-order valence-electron chi connectivity index (χ4n) is 0.773. The zero-order valence-corrected chi connectivity index (χ0v) is 5.93. The molecule has 0 saturated carbocycles. The van der Waals surface area contributed by atoms with Gasteiger partial charge >= 0.3 is 0 Å². The smallest absolute Gasteiger partial charge is 0.0256 e. The average molecular weight is 130 g/mol. The van der Waals surface area contributed by atoms with E-state index in [4.69, 9.17) is 0 Å². The lowest BCUT2D eigenvalue weighted by atomic mass is 10.2. The van der Waals surface area contributed by atoms with Gasteiger partial charge in [-0.1, -0.05) is 37.9 Å². The molecule has 0 fully saturated rings. The average Bonchev–Trinajstić information content (AvgIpc) is 1.95. The van der Waals surface area contributed by atoms with E-state index in [2.05, 4.69) is 19.7 Å². The van der Waals surface area contributed by atoms with Gasteiger partial charge in [0.05, 0.1) is 0 Å².